The average molecular weight is 344 g/mol. The van der Waals surface area contributed by atoms with E-state index in [0.717, 1.165) is 5.56 Å². The van der Waals surface area contributed by atoms with E-state index in [1.54, 1.807) is 25.2 Å². The Bertz CT molecular complexity index is 636. The molecule has 0 aliphatic carbocycles. The lowest BCUT2D eigenvalue weighted by Gasteiger charge is -2.27. The van der Waals surface area contributed by atoms with Crippen molar-refractivity contribution < 1.29 is 14.4 Å². The summed E-state index contributed by atoms with van der Waals surface area (Å²) in [5, 5.41) is 5.47. The van der Waals surface area contributed by atoms with Crippen molar-refractivity contribution in [1.29, 1.82) is 0 Å². The second kappa shape index (κ2) is 6.54. The summed E-state index contributed by atoms with van der Waals surface area (Å²) in [4.78, 5) is 36.3. The maximum absolute atomic E-state index is 12.3. The molecule has 1 heterocycles. The number of urea groups is 1. The molecule has 0 bridgehead atoms. The highest BCUT2D eigenvalue weighted by atomic mass is 35.5. The van der Waals surface area contributed by atoms with Gasteiger partial charge in [-0.15, -0.1) is 0 Å². The second-order valence-corrected chi connectivity index (χ2v) is 5.91. The largest absolute Gasteiger partial charge is 0.339 e. The molecule has 8 heteroatoms. The maximum atomic E-state index is 12.3. The fraction of sp³-hybridized carbons (Fsp3) is 0.357. The Kier molecular flexibility index (Phi) is 4.93. The van der Waals surface area contributed by atoms with Gasteiger partial charge >= 0.3 is 6.03 Å². The van der Waals surface area contributed by atoms with Gasteiger partial charge in [-0.05, 0) is 24.6 Å². The first-order valence-electron chi connectivity index (χ1n) is 6.61. The Morgan fingerprint density at radius 3 is 2.59 bits per heavy atom. The first-order chi connectivity index (χ1) is 10.3. The molecule has 0 radical (unpaired) electrons. The lowest BCUT2D eigenvalue weighted by molar-refractivity contribution is -0.134. The standard InChI is InChI=1S/C14H15Cl2N3O3/c1-7(9-4-3-8(15)5-10(9)16)19(2)12(20)6-11-13(21)18-14(22)17-11/h3-5,7,11H,6H2,1-2H3,(H2,17,18,21,22). The molecule has 2 rings (SSSR count). The SMILES string of the molecule is CC(c1ccc(Cl)cc1Cl)N(C)C(=O)CC1NC(=O)NC1=O. The Hall–Kier alpha value is -1.79. The molecule has 2 atom stereocenters. The van der Waals surface area contributed by atoms with Gasteiger partial charge in [-0.2, -0.15) is 0 Å². The van der Waals surface area contributed by atoms with Gasteiger partial charge in [0.15, 0.2) is 0 Å². The van der Waals surface area contributed by atoms with E-state index in [0.29, 0.717) is 10.0 Å². The van der Waals surface area contributed by atoms with Crippen LogP contribution in [0.25, 0.3) is 0 Å². The van der Waals surface area contributed by atoms with E-state index in [1.807, 2.05) is 6.92 Å². The Morgan fingerprint density at radius 1 is 1.36 bits per heavy atom. The van der Waals surface area contributed by atoms with E-state index in [1.165, 1.54) is 4.90 Å². The van der Waals surface area contributed by atoms with Crippen molar-refractivity contribution in [2.24, 2.45) is 0 Å². The number of carbonyl (C=O) groups excluding carboxylic acids is 3. The smallest absolute Gasteiger partial charge is 0.322 e. The van der Waals surface area contributed by atoms with E-state index >= 15 is 0 Å². The number of amides is 4. The summed E-state index contributed by atoms with van der Waals surface area (Å²) in [7, 11) is 1.62. The van der Waals surface area contributed by atoms with Gasteiger partial charge in [0.25, 0.3) is 5.91 Å². The molecule has 0 saturated carbocycles. The molecule has 1 fully saturated rings. The normalized spacial score (nSPS) is 18.6. The van der Waals surface area contributed by atoms with Gasteiger partial charge < -0.3 is 10.2 Å². The van der Waals surface area contributed by atoms with Crippen LogP contribution in [0, 0.1) is 0 Å². The van der Waals surface area contributed by atoms with E-state index in [2.05, 4.69) is 10.6 Å². The minimum atomic E-state index is -0.838. The van der Waals surface area contributed by atoms with Crippen LogP contribution in [0.15, 0.2) is 18.2 Å². The van der Waals surface area contributed by atoms with Crippen LogP contribution in [0.5, 0.6) is 0 Å². The fourth-order valence-electron chi connectivity index (χ4n) is 2.19. The monoisotopic (exact) mass is 343 g/mol. The van der Waals surface area contributed by atoms with E-state index in [9.17, 15) is 14.4 Å². The molecule has 2 unspecified atom stereocenters. The summed E-state index contributed by atoms with van der Waals surface area (Å²) in [6.45, 7) is 1.82. The first kappa shape index (κ1) is 16.6. The Morgan fingerprint density at radius 2 is 2.05 bits per heavy atom. The number of imide groups is 1. The first-order valence-corrected chi connectivity index (χ1v) is 7.37. The van der Waals surface area contributed by atoms with Crippen molar-refractivity contribution in [3.8, 4) is 0 Å². The number of rotatable bonds is 4. The molecule has 4 amide bonds. The molecule has 118 valence electrons. The topological polar surface area (TPSA) is 78.5 Å². The Balaban J connectivity index is 2.06. The minimum absolute atomic E-state index is 0.108. The molecule has 22 heavy (non-hydrogen) atoms. The summed E-state index contributed by atoms with van der Waals surface area (Å²) in [5.74, 6) is -0.773. The van der Waals surface area contributed by atoms with Crippen molar-refractivity contribution in [2.75, 3.05) is 7.05 Å². The molecule has 6 nitrogen and oxygen atoms in total. The third-order valence-electron chi connectivity index (χ3n) is 3.62. The van der Waals surface area contributed by atoms with Gasteiger partial charge in [-0.25, -0.2) is 4.79 Å². The van der Waals surface area contributed by atoms with Crippen LogP contribution in [0.2, 0.25) is 10.0 Å². The van der Waals surface area contributed by atoms with E-state index in [4.69, 9.17) is 23.2 Å². The van der Waals surface area contributed by atoms with Gasteiger partial charge in [0.2, 0.25) is 5.91 Å². The molecule has 1 aliphatic rings. The number of nitrogens with one attached hydrogen (secondary N) is 2. The van der Waals surface area contributed by atoms with Crippen molar-refractivity contribution in [1.82, 2.24) is 15.5 Å². The van der Waals surface area contributed by atoms with Crippen LogP contribution in [0.3, 0.4) is 0 Å². The molecule has 0 aromatic heterocycles. The van der Waals surface area contributed by atoms with Gasteiger partial charge in [-0.3, -0.25) is 14.9 Å². The predicted molar refractivity (Wildman–Crippen MR) is 82.7 cm³/mol. The zero-order valence-electron chi connectivity index (χ0n) is 12.0. The lowest BCUT2D eigenvalue weighted by atomic mass is 10.1. The van der Waals surface area contributed by atoms with Crippen molar-refractivity contribution in [3.05, 3.63) is 33.8 Å². The quantitative estimate of drug-likeness (QED) is 0.821. The molecular formula is C14H15Cl2N3O3. The van der Waals surface area contributed by atoms with Gasteiger partial charge in [0.05, 0.1) is 12.5 Å². The molecular weight excluding hydrogens is 329 g/mol. The molecule has 0 spiro atoms. The van der Waals surface area contributed by atoms with Crippen molar-refractivity contribution in [2.45, 2.75) is 25.4 Å². The maximum Gasteiger partial charge on any atom is 0.322 e. The lowest BCUT2D eigenvalue weighted by Crippen LogP contribution is -2.38. The number of carbonyl (C=O) groups is 3. The van der Waals surface area contributed by atoms with E-state index in [-0.39, 0.29) is 18.4 Å². The van der Waals surface area contributed by atoms with Gasteiger partial charge in [-0.1, -0.05) is 29.3 Å². The highest BCUT2D eigenvalue weighted by Gasteiger charge is 2.33. The average Bonchev–Trinajstić information content (AvgIpc) is 2.75. The third kappa shape index (κ3) is 3.51. The van der Waals surface area contributed by atoms with Crippen molar-refractivity contribution in [3.63, 3.8) is 0 Å². The summed E-state index contributed by atoms with van der Waals surface area (Å²) in [6.07, 6.45) is -0.108. The fourth-order valence-corrected chi connectivity index (χ4v) is 2.75. The summed E-state index contributed by atoms with van der Waals surface area (Å²) >= 11 is 12.0. The van der Waals surface area contributed by atoms with Crippen LogP contribution in [-0.2, 0) is 9.59 Å². The van der Waals surface area contributed by atoms with Crippen LogP contribution < -0.4 is 10.6 Å². The second-order valence-electron chi connectivity index (χ2n) is 5.07. The predicted octanol–water partition coefficient (Wildman–Crippen LogP) is 2.11. The summed E-state index contributed by atoms with van der Waals surface area (Å²) < 4.78 is 0. The summed E-state index contributed by atoms with van der Waals surface area (Å²) in [5.41, 5.74) is 0.752. The van der Waals surface area contributed by atoms with Crippen LogP contribution in [0.4, 0.5) is 4.79 Å². The highest BCUT2D eigenvalue weighted by molar-refractivity contribution is 6.35. The number of halogens is 2. The zero-order valence-corrected chi connectivity index (χ0v) is 13.5. The third-order valence-corrected chi connectivity index (χ3v) is 4.19. The van der Waals surface area contributed by atoms with Crippen LogP contribution >= 0.6 is 23.2 Å². The number of nitrogens with zero attached hydrogens (tertiary/aromatic N) is 1. The molecule has 1 aromatic rings. The molecule has 1 saturated heterocycles. The minimum Gasteiger partial charge on any atom is -0.339 e. The van der Waals surface area contributed by atoms with Gasteiger partial charge in [0, 0.05) is 17.1 Å². The van der Waals surface area contributed by atoms with Gasteiger partial charge in [0.1, 0.15) is 6.04 Å². The number of hydrogen-bond acceptors (Lipinski definition) is 3. The Labute approximate surface area is 137 Å². The number of benzene rings is 1. The van der Waals surface area contributed by atoms with E-state index < -0.39 is 18.0 Å². The molecule has 1 aromatic carbocycles. The van der Waals surface area contributed by atoms with Crippen molar-refractivity contribution >= 4 is 41.0 Å². The highest BCUT2D eigenvalue weighted by Crippen LogP contribution is 2.29. The molecule has 1 aliphatic heterocycles. The van der Waals surface area contributed by atoms with Crippen LogP contribution in [0.1, 0.15) is 24.9 Å². The summed E-state index contributed by atoms with van der Waals surface area (Å²) in [6, 6.07) is 3.34. The number of hydrogen-bond donors (Lipinski definition) is 2. The van der Waals surface area contributed by atoms with Crippen LogP contribution in [-0.4, -0.2) is 35.8 Å². The zero-order chi connectivity index (χ0) is 16.4. The molecule has 2 N–H and O–H groups in total.